The molecule has 7 heteroatoms. The monoisotopic (exact) mass is 428 g/mol. The van der Waals surface area contributed by atoms with E-state index in [0.717, 1.165) is 9.37 Å². The fourth-order valence-corrected chi connectivity index (χ4v) is 2.90. The van der Waals surface area contributed by atoms with E-state index in [1.165, 1.54) is 6.20 Å². The summed E-state index contributed by atoms with van der Waals surface area (Å²) >= 11 is 3.29. The van der Waals surface area contributed by atoms with Crippen LogP contribution in [0.5, 0.6) is 0 Å². The lowest BCUT2D eigenvalue weighted by atomic mass is 9.84. The Kier molecular flexibility index (Phi) is 6.85. The second kappa shape index (κ2) is 7.94. The number of anilines is 1. The van der Waals surface area contributed by atoms with E-state index in [9.17, 15) is 9.59 Å². The molecule has 0 saturated carbocycles. The van der Waals surface area contributed by atoms with Crippen LogP contribution in [0, 0.1) is 5.41 Å². The largest absolute Gasteiger partial charge is 0.443 e. The molecule has 6 nitrogen and oxygen atoms in total. The van der Waals surface area contributed by atoms with Gasteiger partial charge in [-0.25, -0.2) is 14.6 Å². The van der Waals surface area contributed by atoms with Crippen LogP contribution in [0.1, 0.15) is 61.8 Å². The molecular formula is C19H29BrN2O4. The van der Waals surface area contributed by atoms with Crippen molar-refractivity contribution in [1.29, 1.82) is 0 Å². The lowest BCUT2D eigenvalue weighted by Crippen LogP contribution is -2.45. The Morgan fingerprint density at radius 2 is 1.54 bits per heavy atom. The Labute approximate surface area is 164 Å². The minimum absolute atomic E-state index is 0.0452. The number of pyridine rings is 1. The second-order valence-corrected chi connectivity index (χ2v) is 9.93. The maximum Gasteiger partial charge on any atom is 0.425 e. The van der Waals surface area contributed by atoms with Crippen LogP contribution < -0.4 is 4.90 Å². The van der Waals surface area contributed by atoms with Gasteiger partial charge in [-0.1, -0.05) is 20.8 Å². The Hall–Kier alpha value is -1.63. The molecule has 1 heterocycles. The molecule has 1 aromatic heterocycles. The first kappa shape index (κ1) is 22.4. The summed E-state index contributed by atoms with van der Waals surface area (Å²) in [5.74, 6) is 0.138. The van der Waals surface area contributed by atoms with Crippen molar-refractivity contribution in [2.45, 2.75) is 73.0 Å². The van der Waals surface area contributed by atoms with Gasteiger partial charge in [-0.2, -0.15) is 4.90 Å². The molecule has 0 atom stereocenters. The maximum absolute atomic E-state index is 12.8. The highest BCUT2D eigenvalue weighted by atomic mass is 79.9. The maximum atomic E-state index is 12.8. The van der Waals surface area contributed by atoms with E-state index in [1.54, 1.807) is 32.9 Å². The lowest BCUT2D eigenvalue weighted by molar-refractivity contribution is 0.0112. The number of hydrogen-bond donors (Lipinski definition) is 0. The number of carbonyl (C=O) groups is 2. The van der Waals surface area contributed by atoms with Gasteiger partial charge < -0.3 is 9.47 Å². The Bertz CT molecular complexity index is 643. The molecule has 146 valence electrons. The number of aromatic nitrogens is 1. The van der Waals surface area contributed by atoms with Gasteiger partial charge in [0.05, 0.1) is 0 Å². The SMILES string of the molecule is CC(C)(C)CC(C)(C)OC(=O)N(C(=O)OC(C)(C)C)c1ccc(Br)cn1. The minimum atomic E-state index is -0.830. The Morgan fingerprint density at radius 3 is 1.96 bits per heavy atom. The summed E-state index contributed by atoms with van der Waals surface area (Å²) in [4.78, 5) is 30.4. The normalized spacial score (nSPS) is 12.5. The van der Waals surface area contributed by atoms with Crippen molar-refractivity contribution in [2.75, 3.05) is 4.90 Å². The van der Waals surface area contributed by atoms with Crippen molar-refractivity contribution in [3.8, 4) is 0 Å². The average molecular weight is 429 g/mol. The van der Waals surface area contributed by atoms with Gasteiger partial charge in [0.1, 0.15) is 17.0 Å². The zero-order valence-electron chi connectivity index (χ0n) is 16.8. The third kappa shape index (κ3) is 7.72. The predicted octanol–water partition coefficient (Wildman–Crippen LogP) is 5.94. The van der Waals surface area contributed by atoms with Crippen LogP contribution in [0.4, 0.5) is 15.4 Å². The summed E-state index contributed by atoms with van der Waals surface area (Å²) in [5, 5.41) is 0. The highest BCUT2D eigenvalue weighted by Gasteiger charge is 2.36. The molecule has 26 heavy (non-hydrogen) atoms. The number of rotatable bonds is 3. The summed E-state index contributed by atoms with van der Waals surface area (Å²) in [6, 6.07) is 3.24. The summed E-state index contributed by atoms with van der Waals surface area (Å²) in [5.41, 5.74) is -1.56. The quantitative estimate of drug-likeness (QED) is 0.595. The number of hydrogen-bond acceptors (Lipinski definition) is 5. The molecule has 0 aliphatic rings. The number of halogens is 1. The van der Waals surface area contributed by atoms with Gasteiger partial charge in [0.25, 0.3) is 0 Å². The molecule has 0 aromatic carbocycles. The fourth-order valence-electron chi connectivity index (χ4n) is 2.66. The highest BCUT2D eigenvalue weighted by Crippen LogP contribution is 2.30. The van der Waals surface area contributed by atoms with Crippen LogP contribution in [0.15, 0.2) is 22.8 Å². The number of ether oxygens (including phenoxy) is 2. The van der Waals surface area contributed by atoms with Gasteiger partial charge in [0.2, 0.25) is 0 Å². The van der Waals surface area contributed by atoms with Gasteiger partial charge in [-0.3, -0.25) is 0 Å². The van der Waals surface area contributed by atoms with Crippen molar-refractivity contribution < 1.29 is 19.1 Å². The number of carbonyl (C=O) groups excluding carboxylic acids is 2. The molecule has 0 aliphatic carbocycles. The van der Waals surface area contributed by atoms with Gasteiger partial charge in [0, 0.05) is 10.7 Å². The Morgan fingerprint density at radius 1 is 1.00 bits per heavy atom. The fraction of sp³-hybridized carbons (Fsp3) is 0.632. The number of imide groups is 1. The zero-order chi connectivity index (χ0) is 20.3. The van der Waals surface area contributed by atoms with E-state index in [-0.39, 0.29) is 11.2 Å². The number of amides is 2. The summed E-state index contributed by atoms with van der Waals surface area (Å²) in [7, 11) is 0. The van der Waals surface area contributed by atoms with Crippen molar-refractivity contribution in [2.24, 2.45) is 5.41 Å². The molecule has 0 bridgehead atoms. The standard InChI is InChI=1S/C19H29BrN2O4/c1-17(2,3)12-19(7,8)26-16(24)22(15(23)25-18(4,5)6)14-10-9-13(20)11-21-14/h9-11H,12H2,1-8H3. The molecule has 0 spiro atoms. The molecule has 0 saturated heterocycles. The van der Waals surface area contributed by atoms with Crippen molar-refractivity contribution >= 4 is 33.9 Å². The minimum Gasteiger partial charge on any atom is -0.443 e. The van der Waals surface area contributed by atoms with Crippen LogP contribution in [0.25, 0.3) is 0 Å². The topological polar surface area (TPSA) is 68.7 Å². The first-order valence-electron chi connectivity index (χ1n) is 8.47. The van der Waals surface area contributed by atoms with Crippen LogP contribution in [0.3, 0.4) is 0 Å². The number of nitrogens with zero attached hydrogens (tertiary/aromatic N) is 2. The van der Waals surface area contributed by atoms with Crippen molar-refractivity contribution in [1.82, 2.24) is 4.98 Å². The lowest BCUT2D eigenvalue weighted by Gasteiger charge is -2.34. The molecule has 0 fully saturated rings. The molecule has 1 aromatic rings. The Balaban J connectivity index is 3.13. The summed E-state index contributed by atoms with van der Waals surface area (Å²) in [6.07, 6.45) is 0.481. The van der Waals surface area contributed by atoms with Gasteiger partial charge in [-0.15, -0.1) is 0 Å². The van der Waals surface area contributed by atoms with Crippen LogP contribution in [-0.4, -0.2) is 28.4 Å². The molecular weight excluding hydrogens is 400 g/mol. The van der Waals surface area contributed by atoms with Gasteiger partial charge in [0.15, 0.2) is 0 Å². The second-order valence-electron chi connectivity index (χ2n) is 9.02. The first-order valence-corrected chi connectivity index (χ1v) is 9.27. The van der Waals surface area contributed by atoms with E-state index >= 15 is 0 Å². The third-order valence-corrected chi connectivity index (χ3v) is 3.49. The van der Waals surface area contributed by atoms with Crippen molar-refractivity contribution in [3.63, 3.8) is 0 Å². The van der Waals surface area contributed by atoms with E-state index in [2.05, 4.69) is 41.7 Å². The molecule has 0 N–H and O–H groups in total. The molecule has 2 amide bonds. The van der Waals surface area contributed by atoms with Crippen LogP contribution >= 0.6 is 15.9 Å². The van der Waals surface area contributed by atoms with Crippen LogP contribution in [0.2, 0.25) is 0 Å². The van der Waals surface area contributed by atoms with E-state index < -0.39 is 23.4 Å². The highest BCUT2D eigenvalue weighted by molar-refractivity contribution is 9.10. The average Bonchev–Trinajstić information content (AvgIpc) is 2.35. The third-order valence-electron chi connectivity index (χ3n) is 3.02. The summed E-state index contributed by atoms with van der Waals surface area (Å²) < 4.78 is 11.7. The zero-order valence-corrected chi connectivity index (χ0v) is 18.4. The molecule has 0 radical (unpaired) electrons. The predicted molar refractivity (Wildman–Crippen MR) is 105 cm³/mol. The van der Waals surface area contributed by atoms with Gasteiger partial charge >= 0.3 is 12.2 Å². The molecule has 0 unspecified atom stereocenters. The van der Waals surface area contributed by atoms with E-state index in [1.807, 2.05) is 13.8 Å². The van der Waals surface area contributed by atoms with Crippen molar-refractivity contribution in [3.05, 3.63) is 22.8 Å². The first-order chi connectivity index (χ1) is 11.6. The smallest absolute Gasteiger partial charge is 0.425 e. The van der Waals surface area contributed by atoms with Crippen LogP contribution in [-0.2, 0) is 9.47 Å². The van der Waals surface area contributed by atoms with E-state index in [0.29, 0.717) is 6.42 Å². The summed E-state index contributed by atoms with van der Waals surface area (Å²) in [6.45, 7) is 15.0. The molecule has 1 rings (SSSR count). The van der Waals surface area contributed by atoms with E-state index in [4.69, 9.17) is 9.47 Å². The van der Waals surface area contributed by atoms with Gasteiger partial charge in [-0.05, 0) is 74.5 Å². The molecule has 0 aliphatic heterocycles.